The molecule has 0 unspecified atom stereocenters. The van der Waals surface area contributed by atoms with Crippen LogP contribution in [0, 0.1) is 5.82 Å². The van der Waals surface area contributed by atoms with Gasteiger partial charge >= 0.3 is 0 Å². The summed E-state index contributed by atoms with van der Waals surface area (Å²) in [6, 6.07) is 14.2. The van der Waals surface area contributed by atoms with Crippen molar-refractivity contribution in [3.05, 3.63) is 76.3 Å². The quantitative estimate of drug-likeness (QED) is 0.544. The van der Waals surface area contributed by atoms with Gasteiger partial charge in [0.05, 0.1) is 11.5 Å². The van der Waals surface area contributed by atoms with Gasteiger partial charge in [-0.2, -0.15) is 4.98 Å². The maximum absolute atomic E-state index is 13.0. The number of H-pyrrole nitrogens is 1. The van der Waals surface area contributed by atoms with Gasteiger partial charge < -0.3 is 16.0 Å². The molecule has 1 aromatic heterocycles. The van der Waals surface area contributed by atoms with Crippen molar-refractivity contribution in [2.24, 2.45) is 0 Å². The number of fused-ring (bicyclic) bond motifs is 1. The highest BCUT2D eigenvalue weighted by atomic mass is 19.1. The fourth-order valence-electron chi connectivity index (χ4n) is 3.08. The summed E-state index contributed by atoms with van der Waals surface area (Å²) >= 11 is 0. The maximum Gasteiger partial charge on any atom is 0.258 e. The third-order valence-electron chi connectivity index (χ3n) is 4.42. The molecule has 0 radical (unpaired) electrons. The van der Waals surface area contributed by atoms with Crippen LogP contribution in [0.25, 0.3) is 0 Å². The Balaban J connectivity index is 1.64. The first-order valence-corrected chi connectivity index (χ1v) is 8.82. The van der Waals surface area contributed by atoms with Gasteiger partial charge in [-0.25, -0.2) is 4.39 Å². The highest BCUT2D eigenvalue weighted by Crippen LogP contribution is 2.30. The minimum Gasteiger partial charge on any atom is -0.326 e. The number of carbonyl (C=O) groups excluding carboxylic acids is 2. The van der Waals surface area contributed by atoms with Crippen molar-refractivity contribution in [2.45, 2.75) is 12.3 Å². The number of amides is 2. The molecule has 29 heavy (non-hydrogen) atoms. The molecular formula is C20H16FN5O3. The predicted molar refractivity (Wildman–Crippen MR) is 106 cm³/mol. The molecule has 9 heteroatoms. The van der Waals surface area contributed by atoms with Crippen molar-refractivity contribution in [3.63, 3.8) is 0 Å². The molecule has 0 aliphatic carbocycles. The van der Waals surface area contributed by atoms with Crippen LogP contribution in [0.3, 0.4) is 0 Å². The van der Waals surface area contributed by atoms with Gasteiger partial charge in [-0.1, -0.05) is 18.2 Å². The van der Waals surface area contributed by atoms with Crippen LogP contribution in [0.4, 0.5) is 27.5 Å². The molecule has 0 saturated carbocycles. The summed E-state index contributed by atoms with van der Waals surface area (Å²) < 4.78 is 13.0. The van der Waals surface area contributed by atoms with E-state index in [1.807, 2.05) is 6.07 Å². The van der Waals surface area contributed by atoms with Crippen molar-refractivity contribution < 1.29 is 14.0 Å². The Hall–Kier alpha value is -4.01. The number of hydrogen-bond donors (Lipinski definition) is 4. The molecule has 0 fully saturated rings. The summed E-state index contributed by atoms with van der Waals surface area (Å²) in [7, 11) is 0. The van der Waals surface area contributed by atoms with E-state index in [9.17, 15) is 18.8 Å². The molecule has 2 aromatic carbocycles. The van der Waals surface area contributed by atoms with Gasteiger partial charge in [0.15, 0.2) is 0 Å². The van der Waals surface area contributed by atoms with E-state index >= 15 is 0 Å². The van der Waals surface area contributed by atoms with E-state index in [0.717, 1.165) is 0 Å². The van der Waals surface area contributed by atoms with E-state index in [0.29, 0.717) is 11.4 Å². The predicted octanol–water partition coefficient (Wildman–Crippen LogP) is 2.72. The van der Waals surface area contributed by atoms with Crippen molar-refractivity contribution in [1.82, 2.24) is 9.97 Å². The topological polar surface area (TPSA) is 116 Å². The van der Waals surface area contributed by atoms with E-state index in [4.69, 9.17) is 0 Å². The first-order chi connectivity index (χ1) is 14.0. The van der Waals surface area contributed by atoms with Crippen molar-refractivity contribution in [3.8, 4) is 0 Å². The van der Waals surface area contributed by atoms with E-state index in [-0.39, 0.29) is 23.8 Å². The number of nitrogens with one attached hydrogen (secondary N) is 4. The molecule has 2 amide bonds. The van der Waals surface area contributed by atoms with Gasteiger partial charge in [-0.15, -0.1) is 0 Å². The Morgan fingerprint density at radius 3 is 2.48 bits per heavy atom. The third kappa shape index (κ3) is 3.98. The second-order valence-corrected chi connectivity index (χ2v) is 6.47. The molecule has 1 aliphatic rings. The Morgan fingerprint density at radius 2 is 1.76 bits per heavy atom. The highest BCUT2D eigenvalue weighted by Gasteiger charge is 2.34. The zero-order valence-electron chi connectivity index (χ0n) is 15.0. The standard InChI is InChI=1S/C20H16FN5O3/c21-11-6-8-13(9-7-11)23-20-25-17-16(19(29)26-20)14(10-15(27)24-17)18(28)22-12-4-2-1-3-5-12/h1-9,14H,10H2,(H,22,28)(H3,23,24,25,26,27,29)/t14-/m0/s1. The number of benzene rings is 2. The molecule has 4 N–H and O–H groups in total. The van der Waals surface area contributed by atoms with E-state index in [1.54, 1.807) is 24.3 Å². The van der Waals surface area contributed by atoms with E-state index in [2.05, 4.69) is 25.9 Å². The number of halogens is 1. The number of para-hydroxylation sites is 1. The Bertz CT molecular complexity index is 1130. The summed E-state index contributed by atoms with van der Waals surface area (Å²) in [6.45, 7) is 0. The molecule has 146 valence electrons. The molecule has 0 bridgehead atoms. The first kappa shape index (κ1) is 18.4. The second kappa shape index (κ2) is 7.55. The van der Waals surface area contributed by atoms with Gasteiger partial charge in [0.2, 0.25) is 17.8 Å². The fraction of sp³-hybridized carbons (Fsp3) is 0.100. The molecule has 0 spiro atoms. The average Bonchev–Trinajstić information content (AvgIpc) is 2.69. The lowest BCUT2D eigenvalue weighted by molar-refractivity contribution is -0.123. The highest BCUT2D eigenvalue weighted by molar-refractivity contribution is 6.04. The van der Waals surface area contributed by atoms with Gasteiger partial charge in [-0.3, -0.25) is 19.4 Å². The number of nitrogens with zero attached hydrogens (tertiary/aromatic N) is 1. The molecule has 0 saturated heterocycles. The fourth-order valence-corrected chi connectivity index (χ4v) is 3.08. The minimum absolute atomic E-state index is 0.0165. The number of anilines is 4. The monoisotopic (exact) mass is 393 g/mol. The zero-order chi connectivity index (χ0) is 20.4. The van der Waals surface area contributed by atoms with Crippen molar-refractivity contribution in [2.75, 3.05) is 16.0 Å². The molecular weight excluding hydrogens is 377 g/mol. The van der Waals surface area contributed by atoms with Crippen LogP contribution >= 0.6 is 0 Å². The van der Waals surface area contributed by atoms with E-state index < -0.39 is 29.1 Å². The summed E-state index contributed by atoms with van der Waals surface area (Å²) in [5.74, 6) is -2.19. The van der Waals surface area contributed by atoms with Gasteiger partial charge in [0.1, 0.15) is 11.6 Å². The lowest BCUT2D eigenvalue weighted by Crippen LogP contribution is -2.36. The first-order valence-electron chi connectivity index (χ1n) is 8.82. The van der Waals surface area contributed by atoms with Crippen LogP contribution in [0.2, 0.25) is 0 Å². The van der Waals surface area contributed by atoms with Crippen LogP contribution in [-0.4, -0.2) is 21.8 Å². The van der Waals surface area contributed by atoms with Crippen LogP contribution in [-0.2, 0) is 9.59 Å². The summed E-state index contributed by atoms with van der Waals surface area (Å²) in [4.78, 5) is 44.3. The Labute approximate surface area is 164 Å². The van der Waals surface area contributed by atoms with Gasteiger partial charge in [0.25, 0.3) is 5.56 Å². The number of hydrogen-bond acceptors (Lipinski definition) is 5. The molecule has 2 heterocycles. The largest absolute Gasteiger partial charge is 0.326 e. The Morgan fingerprint density at radius 1 is 1.03 bits per heavy atom. The average molecular weight is 393 g/mol. The zero-order valence-corrected chi connectivity index (χ0v) is 15.0. The number of carbonyl (C=O) groups is 2. The van der Waals surface area contributed by atoms with Gasteiger partial charge in [-0.05, 0) is 36.4 Å². The van der Waals surface area contributed by atoms with E-state index in [1.165, 1.54) is 24.3 Å². The van der Waals surface area contributed by atoms with Crippen LogP contribution in [0.15, 0.2) is 59.4 Å². The summed E-state index contributed by atoms with van der Waals surface area (Å²) in [5.41, 5.74) is 0.592. The molecule has 4 rings (SSSR count). The Kier molecular flexibility index (Phi) is 4.78. The van der Waals surface area contributed by atoms with Crippen LogP contribution < -0.4 is 21.5 Å². The minimum atomic E-state index is -0.977. The molecule has 1 atom stereocenters. The summed E-state index contributed by atoms with van der Waals surface area (Å²) in [6.07, 6.45) is -0.166. The molecule has 3 aromatic rings. The normalized spacial score (nSPS) is 15.2. The molecule has 8 nitrogen and oxygen atoms in total. The van der Waals surface area contributed by atoms with Crippen LogP contribution in [0.1, 0.15) is 17.9 Å². The number of aromatic amines is 1. The second-order valence-electron chi connectivity index (χ2n) is 6.47. The lowest BCUT2D eigenvalue weighted by Gasteiger charge is -2.23. The number of aromatic nitrogens is 2. The summed E-state index contributed by atoms with van der Waals surface area (Å²) in [5, 5.41) is 8.08. The van der Waals surface area contributed by atoms with Gasteiger partial charge in [0, 0.05) is 17.8 Å². The molecule has 1 aliphatic heterocycles. The van der Waals surface area contributed by atoms with Crippen LogP contribution in [0.5, 0.6) is 0 Å². The smallest absolute Gasteiger partial charge is 0.258 e. The van der Waals surface area contributed by atoms with Crippen molar-refractivity contribution >= 4 is 35.0 Å². The SMILES string of the molecule is O=C1C[C@H](C(=O)Nc2ccccc2)c2c(nc(Nc3ccc(F)cc3)[nH]c2=O)N1. The lowest BCUT2D eigenvalue weighted by atomic mass is 9.92. The third-order valence-corrected chi connectivity index (χ3v) is 4.42. The number of rotatable bonds is 4. The maximum atomic E-state index is 13.0. The van der Waals surface area contributed by atoms with Crippen molar-refractivity contribution in [1.29, 1.82) is 0 Å².